The van der Waals surface area contributed by atoms with E-state index in [1.807, 2.05) is 18.4 Å². The van der Waals surface area contributed by atoms with Crippen LogP contribution in [0.3, 0.4) is 0 Å². The van der Waals surface area contributed by atoms with Crippen LogP contribution < -0.4 is 10.9 Å². The highest BCUT2D eigenvalue weighted by molar-refractivity contribution is 7.99. The molecule has 0 aliphatic heterocycles. The number of nitrogens with one attached hydrogen (secondary N) is 2. The van der Waals surface area contributed by atoms with Gasteiger partial charge in [0.2, 0.25) is 11.8 Å². The summed E-state index contributed by atoms with van der Waals surface area (Å²) >= 11 is 1.27. The zero-order valence-electron chi connectivity index (χ0n) is 9.93. The summed E-state index contributed by atoms with van der Waals surface area (Å²) in [6.07, 6.45) is 1.62. The van der Waals surface area contributed by atoms with Crippen LogP contribution >= 0.6 is 11.8 Å². The van der Waals surface area contributed by atoms with Gasteiger partial charge in [0.15, 0.2) is 5.16 Å². The van der Waals surface area contributed by atoms with Crippen LogP contribution in [0.2, 0.25) is 0 Å². The Morgan fingerprint density at radius 2 is 2.18 bits per heavy atom. The van der Waals surface area contributed by atoms with Crippen molar-refractivity contribution in [3.8, 4) is 0 Å². The van der Waals surface area contributed by atoms with Gasteiger partial charge in [-0.15, -0.1) is 10.2 Å². The second-order valence-electron chi connectivity index (χ2n) is 3.63. The third-order valence-corrected chi connectivity index (χ3v) is 2.76. The van der Waals surface area contributed by atoms with E-state index in [2.05, 4.69) is 21.0 Å². The fourth-order valence-electron chi connectivity index (χ4n) is 1.01. The van der Waals surface area contributed by atoms with Crippen molar-refractivity contribution >= 4 is 23.6 Å². The maximum atomic E-state index is 11.3. The summed E-state index contributed by atoms with van der Waals surface area (Å²) < 4.78 is 1.87. The monoisotopic (exact) mass is 257 g/mol. The predicted octanol–water partition coefficient (Wildman–Crippen LogP) is 0.118. The van der Waals surface area contributed by atoms with E-state index >= 15 is 0 Å². The summed E-state index contributed by atoms with van der Waals surface area (Å²) in [6.45, 7) is 5.33. The molecule has 0 saturated carbocycles. The molecule has 2 amide bonds. The summed E-state index contributed by atoms with van der Waals surface area (Å²) in [5, 5.41) is 8.38. The first-order valence-corrected chi connectivity index (χ1v) is 6.07. The Morgan fingerprint density at radius 3 is 2.76 bits per heavy atom. The quantitative estimate of drug-likeness (QED) is 0.590. The third-order valence-electron chi connectivity index (χ3n) is 1.81. The number of carbonyl (C=O) groups excluding carboxylic acids is 2. The van der Waals surface area contributed by atoms with Gasteiger partial charge in [-0.25, -0.2) is 0 Å². The molecule has 94 valence electrons. The van der Waals surface area contributed by atoms with E-state index in [0.717, 1.165) is 0 Å². The lowest BCUT2D eigenvalue weighted by molar-refractivity contribution is -0.126. The molecule has 1 aromatic heterocycles. The summed E-state index contributed by atoms with van der Waals surface area (Å²) in [5.74, 6) is -0.427. The Labute approximate surface area is 103 Å². The largest absolute Gasteiger partial charge is 0.306 e. The lowest BCUT2D eigenvalue weighted by atomic mass is 10.4. The van der Waals surface area contributed by atoms with E-state index in [0.29, 0.717) is 5.16 Å². The Hall–Kier alpha value is -1.57. The van der Waals surface area contributed by atoms with Gasteiger partial charge >= 0.3 is 0 Å². The number of rotatable bonds is 4. The highest BCUT2D eigenvalue weighted by atomic mass is 32.2. The molecule has 0 bridgehead atoms. The average molecular weight is 257 g/mol. The molecule has 0 spiro atoms. The maximum Gasteiger partial charge on any atom is 0.248 e. The van der Waals surface area contributed by atoms with Crippen LogP contribution in [0.1, 0.15) is 26.8 Å². The molecule has 0 saturated heterocycles. The van der Waals surface area contributed by atoms with Crippen molar-refractivity contribution in [2.24, 2.45) is 0 Å². The molecule has 0 aliphatic rings. The van der Waals surface area contributed by atoms with E-state index < -0.39 is 0 Å². The molecule has 1 heterocycles. The molecule has 7 nitrogen and oxygen atoms in total. The number of hydrogen-bond acceptors (Lipinski definition) is 5. The van der Waals surface area contributed by atoms with Crippen molar-refractivity contribution in [2.45, 2.75) is 32.0 Å². The van der Waals surface area contributed by atoms with Gasteiger partial charge in [-0.05, 0) is 13.8 Å². The van der Waals surface area contributed by atoms with Crippen LogP contribution in [0.4, 0.5) is 0 Å². The van der Waals surface area contributed by atoms with Crippen LogP contribution in [0.15, 0.2) is 11.5 Å². The van der Waals surface area contributed by atoms with Crippen LogP contribution in [-0.2, 0) is 9.59 Å². The highest BCUT2D eigenvalue weighted by Gasteiger charge is 2.10. The number of nitrogens with zero attached hydrogens (tertiary/aromatic N) is 3. The first kappa shape index (κ1) is 13.5. The van der Waals surface area contributed by atoms with E-state index in [1.165, 1.54) is 18.7 Å². The number of thioether (sulfide) groups is 1. The Kier molecular flexibility index (Phi) is 4.95. The minimum Gasteiger partial charge on any atom is -0.306 e. The Balaban J connectivity index is 2.42. The van der Waals surface area contributed by atoms with E-state index in [9.17, 15) is 9.59 Å². The van der Waals surface area contributed by atoms with Crippen molar-refractivity contribution in [3.05, 3.63) is 6.33 Å². The number of hydrazine groups is 1. The first-order valence-electron chi connectivity index (χ1n) is 5.08. The minimum absolute atomic E-state index is 0.172. The van der Waals surface area contributed by atoms with Crippen molar-refractivity contribution < 1.29 is 9.59 Å². The molecule has 0 atom stereocenters. The van der Waals surface area contributed by atoms with Crippen LogP contribution in [-0.4, -0.2) is 32.3 Å². The predicted molar refractivity (Wildman–Crippen MR) is 63.1 cm³/mol. The topological polar surface area (TPSA) is 88.9 Å². The molecular weight excluding hydrogens is 242 g/mol. The van der Waals surface area contributed by atoms with Crippen LogP contribution in [0.5, 0.6) is 0 Å². The second kappa shape index (κ2) is 6.24. The summed E-state index contributed by atoms with van der Waals surface area (Å²) in [4.78, 5) is 21.9. The second-order valence-corrected chi connectivity index (χ2v) is 4.58. The molecule has 8 heteroatoms. The van der Waals surface area contributed by atoms with Crippen molar-refractivity contribution in [1.29, 1.82) is 0 Å². The maximum absolute atomic E-state index is 11.3. The lowest BCUT2D eigenvalue weighted by Crippen LogP contribution is -2.41. The van der Waals surface area contributed by atoms with Gasteiger partial charge in [0, 0.05) is 13.0 Å². The first-order chi connectivity index (χ1) is 8.00. The Bertz CT molecular complexity index is 404. The molecule has 0 aliphatic carbocycles. The van der Waals surface area contributed by atoms with Crippen molar-refractivity contribution in [3.63, 3.8) is 0 Å². The molecule has 0 aromatic carbocycles. The molecule has 0 fully saturated rings. The SMILES string of the molecule is CC(=O)NNC(=O)CSc1nncn1C(C)C. The molecule has 1 aromatic rings. The van der Waals surface area contributed by atoms with Gasteiger partial charge in [-0.3, -0.25) is 20.4 Å². The number of aromatic nitrogens is 3. The molecular formula is C9H15N5O2S. The fourth-order valence-corrected chi connectivity index (χ4v) is 1.86. The number of amides is 2. The van der Waals surface area contributed by atoms with E-state index in [4.69, 9.17) is 0 Å². The van der Waals surface area contributed by atoms with Gasteiger partial charge in [0.05, 0.1) is 5.75 Å². The van der Waals surface area contributed by atoms with Gasteiger partial charge in [0.25, 0.3) is 0 Å². The number of hydrogen-bond donors (Lipinski definition) is 2. The highest BCUT2D eigenvalue weighted by Crippen LogP contribution is 2.17. The van der Waals surface area contributed by atoms with E-state index in [-0.39, 0.29) is 23.6 Å². The minimum atomic E-state index is -0.311. The Morgan fingerprint density at radius 1 is 1.47 bits per heavy atom. The normalized spacial score (nSPS) is 10.4. The van der Waals surface area contributed by atoms with Gasteiger partial charge in [0.1, 0.15) is 6.33 Å². The van der Waals surface area contributed by atoms with E-state index in [1.54, 1.807) is 6.33 Å². The van der Waals surface area contributed by atoms with Crippen molar-refractivity contribution in [1.82, 2.24) is 25.6 Å². The zero-order chi connectivity index (χ0) is 12.8. The summed E-state index contributed by atoms with van der Waals surface area (Å²) in [7, 11) is 0. The molecule has 0 radical (unpaired) electrons. The van der Waals surface area contributed by atoms with Gasteiger partial charge < -0.3 is 4.57 Å². The smallest absolute Gasteiger partial charge is 0.248 e. The molecule has 2 N–H and O–H groups in total. The average Bonchev–Trinajstić information content (AvgIpc) is 2.71. The van der Waals surface area contributed by atoms with Gasteiger partial charge in [-0.1, -0.05) is 11.8 Å². The standard InChI is InChI=1S/C9H15N5O2S/c1-6(2)14-5-10-13-9(14)17-4-8(16)12-11-7(3)15/h5-6H,4H2,1-3H3,(H,11,15)(H,12,16). The number of carbonyl (C=O) groups is 2. The van der Waals surface area contributed by atoms with Crippen LogP contribution in [0, 0.1) is 0 Å². The zero-order valence-corrected chi connectivity index (χ0v) is 10.7. The molecule has 0 unspecified atom stereocenters. The van der Waals surface area contributed by atoms with Crippen molar-refractivity contribution in [2.75, 3.05) is 5.75 Å². The lowest BCUT2D eigenvalue weighted by Gasteiger charge is -2.09. The summed E-state index contributed by atoms with van der Waals surface area (Å²) in [6, 6.07) is 0.242. The third kappa shape index (κ3) is 4.43. The molecule has 17 heavy (non-hydrogen) atoms. The fraction of sp³-hybridized carbons (Fsp3) is 0.556. The molecule has 1 rings (SSSR count). The van der Waals surface area contributed by atoms with Gasteiger partial charge in [-0.2, -0.15) is 0 Å². The van der Waals surface area contributed by atoms with Crippen LogP contribution in [0.25, 0.3) is 0 Å². The summed E-state index contributed by atoms with van der Waals surface area (Å²) in [5.41, 5.74) is 4.49.